The van der Waals surface area contributed by atoms with Crippen molar-refractivity contribution in [3.63, 3.8) is 0 Å². The van der Waals surface area contributed by atoms with E-state index in [2.05, 4.69) is 58.4 Å². The molecule has 1 aliphatic rings. The van der Waals surface area contributed by atoms with Crippen molar-refractivity contribution in [1.29, 1.82) is 0 Å². The van der Waals surface area contributed by atoms with Gasteiger partial charge in [0, 0.05) is 31.7 Å². The van der Waals surface area contributed by atoms with E-state index in [-0.39, 0.29) is 0 Å². The van der Waals surface area contributed by atoms with Crippen LogP contribution in [-0.4, -0.2) is 33.4 Å². The first-order valence-corrected chi connectivity index (χ1v) is 6.78. The van der Waals surface area contributed by atoms with Gasteiger partial charge >= 0.3 is 0 Å². The summed E-state index contributed by atoms with van der Waals surface area (Å²) in [5.74, 6) is 0. The maximum atomic E-state index is 5.62. The summed E-state index contributed by atoms with van der Waals surface area (Å²) in [5, 5.41) is 3.48. The van der Waals surface area contributed by atoms with E-state index in [0.29, 0.717) is 6.10 Å². The van der Waals surface area contributed by atoms with Gasteiger partial charge in [0.2, 0.25) is 0 Å². The van der Waals surface area contributed by atoms with Crippen LogP contribution in [0.4, 0.5) is 11.4 Å². The molecule has 1 N–H and O–H groups in total. The minimum absolute atomic E-state index is 0.365. The van der Waals surface area contributed by atoms with E-state index >= 15 is 0 Å². The molecule has 1 unspecified atom stereocenters. The van der Waals surface area contributed by atoms with Crippen LogP contribution in [-0.2, 0) is 4.74 Å². The Morgan fingerprint density at radius 1 is 1.47 bits per heavy atom. The topological polar surface area (TPSA) is 24.5 Å². The van der Waals surface area contributed by atoms with Gasteiger partial charge in [0.1, 0.15) is 0 Å². The number of hydrogen-bond acceptors (Lipinski definition) is 3. The molecule has 1 aliphatic heterocycles. The molecule has 0 aliphatic carbocycles. The minimum Gasteiger partial charge on any atom is -0.381 e. The summed E-state index contributed by atoms with van der Waals surface area (Å²) in [6, 6.07) is 6.29. The molecule has 0 aromatic heterocycles. The number of anilines is 2. The predicted molar refractivity (Wildman–Crippen MR) is 75.9 cm³/mol. The number of nitrogens with zero attached hydrogens (tertiary/aromatic N) is 1. The summed E-state index contributed by atoms with van der Waals surface area (Å²) in [6.07, 6.45) is 2.72. The van der Waals surface area contributed by atoms with Gasteiger partial charge in [-0.15, -0.1) is 0 Å². The highest BCUT2D eigenvalue weighted by Gasteiger charge is 2.15. The van der Waals surface area contributed by atoms with E-state index in [1.807, 2.05) is 0 Å². The standard InChI is InChI=1S/C13H19BrN2O/c1-16(2)13-6-5-10(14)8-12(13)15-9-11-4-3-7-17-11/h5-6,8,11,15H,3-4,7,9H2,1-2H3. The second-order valence-corrected chi connectivity index (χ2v) is 5.49. The normalized spacial score (nSPS) is 19.4. The molecule has 17 heavy (non-hydrogen) atoms. The van der Waals surface area contributed by atoms with Crippen LogP contribution in [0, 0.1) is 0 Å². The Hall–Kier alpha value is -0.740. The quantitative estimate of drug-likeness (QED) is 0.924. The number of benzene rings is 1. The van der Waals surface area contributed by atoms with Gasteiger partial charge in [-0.05, 0) is 31.0 Å². The molecule has 1 atom stereocenters. The lowest BCUT2D eigenvalue weighted by atomic mass is 10.2. The Morgan fingerprint density at radius 2 is 2.29 bits per heavy atom. The van der Waals surface area contributed by atoms with Crippen molar-refractivity contribution in [3.8, 4) is 0 Å². The molecule has 1 fully saturated rings. The molecule has 0 bridgehead atoms. The van der Waals surface area contributed by atoms with Crippen molar-refractivity contribution in [2.24, 2.45) is 0 Å². The highest BCUT2D eigenvalue weighted by molar-refractivity contribution is 9.10. The summed E-state index contributed by atoms with van der Waals surface area (Å²) in [7, 11) is 4.11. The molecule has 1 heterocycles. The summed E-state index contributed by atoms with van der Waals surface area (Å²) in [4.78, 5) is 2.12. The Kier molecular flexibility index (Phi) is 4.29. The van der Waals surface area contributed by atoms with Gasteiger partial charge in [-0.25, -0.2) is 0 Å². The van der Waals surface area contributed by atoms with Crippen molar-refractivity contribution >= 4 is 27.3 Å². The zero-order valence-corrected chi connectivity index (χ0v) is 12.0. The van der Waals surface area contributed by atoms with Crippen LogP contribution in [0.5, 0.6) is 0 Å². The number of rotatable bonds is 4. The van der Waals surface area contributed by atoms with Gasteiger partial charge < -0.3 is 15.0 Å². The van der Waals surface area contributed by atoms with E-state index in [1.165, 1.54) is 12.1 Å². The summed E-state index contributed by atoms with van der Waals surface area (Å²) in [6.45, 7) is 1.79. The zero-order valence-electron chi connectivity index (χ0n) is 10.4. The SMILES string of the molecule is CN(C)c1ccc(Br)cc1NCC1CCCO1. The molecule has 4 heteroatoms. The van der Waals surface area contributed by atoms with Crippen molar-refractivity contribution < 1.29 is 4.74 Å². The van der Waals surface area contributed by atoms with Crippen LogP contribution in [0.15, 0.2) is 22.7 Å². The van der Waals surface area contributed by atoms with E-state index in [4.69, 9.17) is 4.74 Å². The molecule has 2 rings (SSSR count). The summed E-state index contributed by atoms with van der Waals surface area (Å²) in [5.41, 5.74) is 2.35. The maximum Gasteiger partial charge on any atom is 0.0748 e. The molecule has 1 aromatic carbocycles. The van der Waals surface area contributed by atoms with Gasteiger partial charge in [0.15, 0.2) is 0 Å². The summed E-state index contributed by atoms with van der Waals surface area (Å²) >= 11 is 3.51. The Morgan fingerprint density at radius 3 is 2.94 bits per heavy atom. The van der Waals surface area contributed by atoms with Crippen LogP contribution in [0.2, 0.25) is 0 Å². The molecular formula is C13H19BrN2O. The van der Waals surface area contributed by atoms with E-state index in [9.17, 15) is 0 Å². The number of ether oxygens (including phenoxy) is 1. The van der Waals surface area contributed by atoms with Crippen molar-refractivity contribution in [2.45, 2.75) is 18.9 Å². The predicted octanol–water partition coefficient (Wildman–Crippen LogP) is 3.11. The van der Waals surface area contributed by atoms with Crippen LogP contribution < -0.4 is 10.2 Å². The zero-order chi connectivity index (χ0) is 12.3. The first-order valence-electron chi connectivity index (χ1n) is 5.99. The fourth-order valence-corrected chi connectivity index (χ4v) is 2.43. The van der Waals surface area contributed by atoms with Crippen molar-refractivity contribution in [3.05, 3.63) is 22.7 Å². The fourth-order valence-electron chi connectivity index (χ4n) is 2.07. The number of halogens is 1. The first kappa shape index (κ1) is 12.7. The Bertz CT molecular complexity index is 376. The lowest BCUT2D eigenvalue weighted by Crippen LogP contribution is -2.20. The lowest BCUT2D eigenvalue weighted by Gasteiger charge is -2.20. The Labute approximate surface area is 111 Å². The molecule has 0 spiro atoms. The average Bonchev–Trinajstić information content (AvgIpc) is 2.78. The molecule has 94 valence electrons. The second-order valence-electron chi connectivity index (χ2n) is 4.57. The lowest BCUT2D eigenvalue weighted by molar-refractivity contribution is 0.120. The monoisotopic (exact) mass is 298 g/mol. The summed E-state index contributed by atoms with van der Waals surface area (Å²) < 4.78 is 6.71. The number of hydrogen-bond donors (Lipinski definition) is 1. The van der Waals surface area contributed by atoms with E-state index in [0.717, 1.165) is 29.7 Å². The van der Waals surface area contributed by atoms with Gasteiger partial charge in [0.25, 0.3) is 0 Å². The van der Waals surface area contributed by atoms with Gasteiger partial charge in [-0.2, -0.15) is 0 Å². The van der Waals surface area contributed by atoms with Crippen LogP contribution in [0.25, 0.3) is 0 Å². The molecule has 1 aromatic rings. The molecule has 3 nitrogen and oxygen atoms in total. The van der Waals surface area contributed by atoms with Crippen LogP contribution >= 0.6 is 15.9 Å². The van der Waals surface area contributed by atoms with Crippen molar-refractivity contribution in [2.75, 3.05) is 37.5 Å². The molecule has 1 saturated heterocycles. The van der Waals surface area contributed by atoms with Crippen LogP contribution in [0.1, 0.15) is 12.8 Å². The second kappa shape index (κ2) is 5.74. The van der Waals surface area contributed by atoms with Gasteiger partial charge in [0.05, 0.1) is 17.5 Å². The molecular weight excluding hydrogens is 280 g/mol. The minimum atomic E-state index is 0.365. The van der Waals surface area contributed by atoms with Gasteiger partial charge in [-0.1, -0.05) is 15.9 Å². The van der Waals surface area contributed by atoms with Crippen LogP contribution in [0.3, 0.4) is 0 Å². The largest absolute Gasteiger partial charge is 0.381 e. The Balaban J connectivity index is 2.04. The average molecular weight is 299 g/mol. The third-order valence-corrected chi connectivity index (χ3v) is 3.48. The smallest absolute Gasteiger partial charge is 0.0748 e. The van der Waals surface area contributed by atoms with E-state index in [1.54, 1.807) is 0 Å². The first-order chi connectivity index (χ1) is 8.16. The van der Waals surface area contributed by atoms with Crippen molar-refractivity contribution in [1.82, 2.24) is 0 Å². The number of nitrogens with one attached hydrogen (secondary N) is 1. The van der Waals surface area contributed by atoms with Gasteiger partial charge in [-0.3, -0.25) is 0 Å². The third kappa shape index (κ3) is 3.36. The highest BCUT2D eigenvalue weighted by Crippen LogP contribution is 2.28. The molecule has 0 amide bonds. The maximum absolute atomic E-state index is 5.62. The van der Waals surface area contributed by atoms with E-state index < -0.39 is 0 Å². The fraction of sp³-hybridized carbons (Fsp3) is 0.538. The third-order valence-electron chi connectivity index (χ3n) is 2.98. The molecule has 0 saturated carbocycles. The molecule has 0 radical (unpaired) electrons. The highest BCUT2D eigenvalue weighted by atomic mass is 79.9.